The zero-order chi connectivity index (χ0) is 10.8. The highest BCUT2D eigenvalue weighted by atomic mass is 16.7. The van der Waals surface area contributed by atoms with E-state index < -0.39 is 11.9 Å². The minimum atomic E-state index is -0.775. The van der Waals surface area contributed by atoms with E-state index in [1.165, 1.54) is 18.2 Å². The Bertz CT molecular complexity index is 446. The molecule has 0 atom stereocenters. The second-order valence-electron chi connectivity index (χ2n) is 2.92. The molecule has 1 heterocycles. The smallest absolute Gasteiger partial charge is 0.335 e. The predicted molar refractivity (Wildman–Crippen MR) is 48.8 cm³/mol. The van der Waals surface area contributed by atoms with Gasteiger partial charge in [0.15, 0.2) is 5.75 Å². The van der Waals surface area contributed by atoms with Crippen molar-refractivity contribution in [2.45, 2.75) is 0 Å². The molecule has 0 spiro atoms. The molecule has 1 aliphatic heterocycles. The van der Waals surface area contributed by atoms with E-state index in [4.69, 9.17) is 0 Å². The molecule has 15 heavy (non-hydrogen) atoms. The van der Waals surface area contributed by atoms with Gasteiger partial charge in [-0.25, -0.2) is 4.79 Å². The fraction of sp³-hybridized carbons (Fsp3) is 0. The van der Waals surface area contributed by atoms with E-state index in [0.717, 1.165) is 0 Å². The Morgan fingerprint density at radius 2 is 1.93 bits per heavy atom. The lowest BCUT2D eigenvalue weighted by molar-refractivity contribution is -0.143. The lowest BCUT2D eigenvalue weighted by Crippen LogP contribution is -2.12. The molecular weight excluding hydrogens is 198 g/mol. The van der Waals surface area contributed by atoms with Crippen molar-refractivity contribution in [2.24, 2.45) is 0 Å². The minimum absolute atomic E-state index is 0.168. The number of carbonyl (C=O) groups excluding carboxylic acids is 2. The number of nitrogens with one attached hydrogen (secondary N) is 1. The second kappa shape index (κ2) is 3.45. The molecule has 0 bridgehead atoms. The molecular formula is C10H6NO4. The van der Waals surface area contributed by atoms with Gasteiger partial charge in [-0.15, -0.1) is 0 Å². The van der Waals surface area contributed by atoms with E-state index in [-0.39, 0.29) is 16.9 Å². The van der Waals surface area contributed by atoms with Crippen molar-refractivity contribution in [3.05, 3.63) is 35.4 Å². The van der Waals surface area contributed by atoms with Crippen LogP contribution in [-0.2, 0) is 19.5 Å². The maximum atomic E-state index is 11.3. The van der Waals surface area contributed by atoms with Gasteiger partial charge in [0.2, 0.25) is 0 Å². The van der Waals surface area contributed by atoms with Crippen molar-refractivity contribution in [3.63, 3.8) is 0 Å². The number of hydrogen-bond donors (Lipinski definition) is 1. The lowest BCUT2D eigenvalue weighted by atomic mass is 10.1. The molecule has 1 radical (unpaired) electrons. The summed E-state index contributed by atoms with van der Waals surface area (Å²) in [5.41, 5.74) is 2.01. The van der Waals surface area contributed by atoms with E-state index in [1.807, 2.05) is 5.48 Å². The molecule has 2 rings (SSSR count). The van der Waals surface area contributed by atoms with Gasteiger partial charge in [-0.3, -0.25) is 9.90 Å². The van der Waals surface area contributed by atoms with E-state index in [0.29, 0.717) is 0 Å². The van der Waals surface area contributed by atoms with Gasteiger partial charge in [0.05, 0.1) is 0 Å². The monoisotopic (exact) mass is 204 g/mol. The summed E-state index contributed by atoms with van der Waals surface area (Å²) >= 11 is 0. The van der Waals surface area contributed by atoms with Gasteiger partial charge in [0.1, 0.15) is 5.57 Å². The average Bonchev–Trinajstić information content (AvgIpc) is 2.53. The summed E-state index contributed by atoms with van der Waals surface area (Å²) < 4.78 is 0. The minimum Gasteiger partial charge on any atom is -0.335 e. The van der Waals surface area contributed by atoms with Crippen molar-refractivity contribution >= 4 is 18.0 Å². The molecule has 5 heteroatoms. The summed E-state index contributed by atoms with van der Waals surface area (Å²) in [6.45, 7) is 0. The first-order valence-corrected chi connectivity index (χ1v) is 4.18. The summed E-state index contributed by atoms with van der Waals surface area (Å²) in [6, 6.07) is 6.10. The van der Waals surface area contributed by atoms with Crippen LogP contribution in [0.2, 0.25) is 0 Å². The Hall–Kier alpha value is -2.30. The molecule has 1 aromatic rings. The van der Waals surface area contributed by atoms with E-state index >= 15 is 0 Å². The van der Waals surface area contributed by atoms with Crippen molar-refractivity contribution in [2.75, 3.05) is 0 Å². The highest BCUT2D eigenvalue weighted by molar-refractivity contribution is 6.22. The summed E-state index contributed by atoms with van der Waals surface area (Å²) in [7, 11) is 0. The fourth-order valence-corrected chi connectivity index (χ4v) is 1.18. The Morgan fingerprint density at radius 3 is 2.53 bits per heavy atom. The summed E-state index contributed by atoms with van der Waals surface area (Å²) in [5, 5.41) is 11.3. The molecule has 1 amide bonds. The number of carbonyl (C=O) groups is 2. The van der Waals surface area contributed by atoms with Crippen molar-refractivity contribution in [1.29, 1.82) is 0 Å². The van der Waals surface area contributed by atoms with Crippen LogP contribution < -0.4 is 5.48 Å². The third kappa shape index (κ3) is 1.67. The van der Waals surface area contributed by atoms with Crippen LogP contribution in [0.3, 0.4) is 0 Å². The molecule has 1 aromatic carbocycles. The highest BCUT2D eigenvalue weighted by Crippen LogP contribution is 2.21. The average molecular weight is 204 g/mol. The van der Waals surface area contributed by atoms with Gasteiger partial charge in [0, 0.05) is 5.56 Å². The predicted octanol–water partition coefficient (Wildman–Crippen LogP) is 0.802. The third-order valence-electron chi connectivity index (χ3n) is 1.92. The SMILES string of the molecule is [O]c1ccccc1C=C1C(=O)NOC1=O. The molecule has 0 aliphatic carbocycles. The molecule has 1 N–H and O–H groups in total. The van der Waals surface area contributed by atoms with Crippen LogP contribution in [0.15, 0.2) is 29.8 Å². The van der Waals surface area contributed by atoms with Gasteiger partial charge >= 0.3 is 5.97 Å². The normalized spacial score (nSPS) is 17.7. The van der Waals surface area contributed by atoms with Crippen LogP contribution in [0.4, 0.5) is 0 Å². The summed E-state index contributed by atoms with van der Waals surface area (Å²) in [5.74, 6) is -1.66. The Morgan fingerprint density at radius 1 is 1.20 bits per heavy atom. The maximum Gasteiger partial charge on any atom is 0.368 e. The molecule has 1 fully saturated rings. The first-order valence-electron chi connectivity index (χ1n) is 4.18. The molecule has 5 nitrogen and oxygen atoms in total. The first-order chi connectivity index (χ1) is 7.18. The fourth-order valence-electron chi connectivity index (χ4n) is 1.18. The molecule has 75 valence electrons. The van der Waals surface area contributed by atoms with Gasteiger partial charge in [0.25, 0.3) is 5.91 Å². The zero-order valence-electron chi connectivity index (χ0n) is 7.52. The lowest BCUT2D eigenvalue weighted by Gasteiger charge is -1.94. The van der Waals surface area contributed by atoms with Crippen LogP contribution in [-0.4, -0.2) is 11.9 Å². The van der Waals surface area contributed by atoms with E-state index in [2.05, 4.69) is 4.84 Å². The Labute approximate surface area is 84.9 Å². The zero-order valence-corrected chi connectivity index (χ0v) is 7.52. The van der Waals surface area contributed by atoms with Gasteiger partial charge in [-0.2, -0.15) is 5.48 Å². The first kappa shape index (κ1) is 9.26. The maximum absolute atomic E-state index is 11.3. The number of para-hydroxylation sites is 1. The van der Waals surface area contributed by atoms with Crippen molar-refractivity contribution in [3.8, 4) is 5.75 Å². The number of benzene rings is 1. The van der Waals surface area contributed by atoms with Gasteiger partial charge in [-0.05, 0) is 12.1 Å². The van der Waals surface area contributed by atoms with Crippen molar-refractivity contribution < 1.29 is 19.5 Å². The molecule has 1 saturated heterocycles. The van der Waals surface area contributed by atoms with E-state index in [1.54, 1.807) is 12.1 Å². The Balaban J connectivity index is 2.42. The summed E-state index contributed by atoms with van der Waals surface area (Å²) in [4.78, 5) is 26.4. The second-order valence-corrected chi connectivity index (χ2v) is 2.92. The van der Waals surface area contributed by atoms with Crippen LogP contribution in [0, 0.1) is 0 Å². The number of rotatable bonds is 1. The Kier molecular flexibility index (Phi) is 2.13. The van der Waals surface area contributed by atoms with Crippen LogP contribution >= 0.6 is 0 Å². The van der Waals surface area contributed by atoms with E-state index in [9.17, 15) is 14.7 Å². The van der Waals surface area contributed by atoms with Gasteiger partial charge in [-0.1, -0.05) is 18.2 Å². The third-order valence-corrected chi connectivity index (χ3v) is 1.92. The molecule has 0 saturated carbocycles. The summed E-state index contributed by atoms with van der Waals surface area (Å²) in [6.07, 6.45) is 1.22. The molecule has 0 aromatic heterocycles. The van der Waals surface area contributed by atoms with Crippen LogP contribution in [0.25, 0.3) is 6.08 Å². The topological polar surface area (TPSA) is 75.3 Å². The number of hydroxylamine groups is 1. The molecule has 1 aliphatic rings. The van der Waals surface area contributed by atoms with Crippen LogP contribution in [0.5, 0.6) is 5.75 Å². The van der Waals surface area contributed by atoms with Crippen molar-refractivity contribution in [1.82, 2.24) is 5.48 Å². The number of amides is 1. The van der Waals surface area contributed by atoms with Crippen LogP contribution in [0.1, 0.15) is 5.56 Å². The highest BCUT2D eigenvalue weighted by Gasteiger charge is 2.28. The largest absolute Gasteiger partial charge is 0.368 e. The number of hydrogen-bond acceptors (Lipinski definition) is 3. The molecule has 0 unspecified atom stereocenters. The quantitative estimate of drug-likeness (QED) is 0.543. The standard InChI is InChI=1S/C10H6NO4/c12-8-4-2-1-3-6(8)5-7-9(13)11-15-10(7)14/h1-5H,(H,11,13). The van der Waals surface area contributed by atoms with Gasteiger partial charge < -0.3 is 4.84 Å².